The van der Waals surface area contributed by atoms with Crippen LogP contribution in [0.5, 0.6) is 17.2 Å². The maximum Gasteiger partial charge on any atom is 0.159 e. The van der Waals surface area contributed by atoms with E-state index in [0.29, 0.717) is 5.82 Å². The Morgan fingerprint density at radius 2 is 0.946 bits per heavy atom. The van der Waals surface area contributed by atoms with Crippen molar-refractivity contribution in [2.45, 2.75) is 84.0 Å². The van der Waals surface area contributed by atoms with Crippen molar-refractivity contribution in [1.29, 1.82) is 0 Å². The van der Waals surface area contributed by atoms with Gasteiger partial charge >= 0.3 is 0 Å². The summed E-state index contributed by atoms with van der Waals surface area (Å²) in [6, 6.07) is 18.0. The van der Waals surface area contributed by atoms with Crippen LogP contribution in [0.1, 0.15) is 84.0 Å². The van der Waals surface area contributed by atoms with E-state index in [-0.39, 0.29) is 0 Å². The predicted octanol–water partition coefficient (Wildman–Crippen LogP) is 8.68. The molecule has 3 rings (SSSR count). The SMILES string of the molecule is CCCCCCCCCCOc1cnc(-c2ccc(OCCCCCCOc3ccccc3)cc2)nc1. The monoisotopic (exact) mass is 504 g/mol. The molecule has 3 aromatic rings. The molecule has 2 aromatic carbocycles. The van der Waals surface area contributed by atoms with Gasteiger partial charge in [-0.15, -0.1) is 0 Å². The number of unbranched alkanes of at least 4 members (excludes halogenated alkanes) is 10. The van der Waals surface area contributed by atoms with Crippen LogP contribution in [0.25, 0.3) is 11.4 Å². The van der Waals surface area contributed by atoms with Gasteiger partial charge in [0.05, 0.1) is 32.2 Å². The van der Waals surface area contributed by atoms with Gasteiger partial charge < -0.3 is 14.2 Å². The third-order valence-corrected chi connectivity index (χ3v) is 6.33. The molecule has 0 aliphatic carbocycles. The summed E-state index contributed by atoms with van der Waals surface area (Å²) in [5.74, 6) is 3.25. The second kappa shape index (κ2) is 18.2. The molecular weight excluding hydrogens is 460 g/mol. The van der Waals surface area contributed by atoms with Crippen molar-refractivity contribution in [3.05, 3.63) is 67.0 Å². The summed E-state index contributed by atoms with van der Waals surface area (Å²) in [5, 5.41) is 0. The predicted molar refractivity (Wildman–Crippen MR) is 151 cm³/mol. The van der Waals surface area contributed by atoms with Gasteiger partial charge in [-0.25, -0.2) is 9.97 Å². The first-order valence-corrected chi connectivity index (χ1v) is 14.2. The molecule has 0 saturated heterocycles. The van der Waals surface area contributed by atoms with E-state index in [9.17, 15) is 0 Å². The van der Waals surface area contributed by atoms with Gasteiger partial charge in [-0.3, -0.25) is 0 Å². The van der Waals surface area contributed by atoms with E-state index in [1.807, 2.05) is 54.6 Å². The van der Waals surface area contributed by atoms with Gasteiger partial charge in [0, 0.05) is 5.56 Å². The van der Waals surface area contributed by atoms with Crippen LogP contribution >= 0.6 is 0 Å². The Morgan fingerprint density at radius 3 is 1.49 bits per heavy atom. The molecule has 0 saturated carbocycles. The lowest BCUT2D eigenvalue weighted by atomic mass is 10.1. The summed E-state index contributed by atoms with van der Waals surface area (Å²) >= 11 is 0. The molecule has 1 heterocycles. The average Bonchev–Trinajstić information content (AvgIpc) is 2.95. The first-order valence-electron chi connectivity index (χ1n) is 14.2. The first kappa shape index (κ1) is 28.5. The van der Waals surface area contributed by atoms with E-state index in [2.05, 4.69) is 16.9 Å². The molecule has 37 heavy (non-hydrogen) atoms. The molecule has 0 fully saturated rings. The third-order valence-electron chi connectivity index (χ3n) is 6.33. The van der Waals surface area contributed by atoms with Crippen LogP contribution in [0, 0.1) is 0 Å². The van der Waals surface area contributed by atoms with Gasteiger partial charge in [-0.2, -0.15) is 0 Å². The Bertz CT molecular complexity index is 946. The summed E-state index contributed by atoms with van der Waals surface area (Å²) in [5.41, 5.74) is 0.973. The van der Waals surface area contributed by atoms with Gasteiger partial charge in [0.2, 0.25) is 0 Å². The fourth-order valence-corrected chi connectivity index (χ4v) is 4.12. The molecule has 200 valence electrons. The normalized spacial score (nSPS) is 10.8. The Morgan fingerprint density at radius 1 is 0.486 bits per heavy atom. The van der Waals surface area contributed by atoms with Gasteiger partial charge in [-0.05, 0) is 68.5 Å². The van der Waals surface area contributed by atoms with E-state index in [1.54, 1.807) is 12.4 Å². The lowest BCUT2D eigenvalue weighted by Crippen LogP contribution is -2.00. The highest BCUT2D eigenvalue weighted by Crippen LogP contribution is 2.21. The lowest BCUT2D eigenvalue weighted by molar-refractivity contribution is 0.287. The Balaban J connectivity index is 1.23. The Hall–Kier alpha value is -3.08. The largest absolute Gasteiger partial charge is 0.494 e. The molecule has 0 radical (unpaired) electrons. The molecule has 0 atom stereocenters. The summed E-state index contributed by atoms with van der Waals surface area (Å²) in [4.78, 5) is 8.96. The van der Waals surface area contributed by atoms with Crippen molar-refractivity contribution in [2.24, 2.45) is 0 Å². The van der Waals surface area contributed by atoms with Gasteiger partial charge in [0.1, 0.15) is 11.5 Å². The molecule has 0 aliphatic heterocycles. The topological polar surface area (TPSA) is 53.5 Å². The molecule has 0 unspecified atom stereocenters. The molecular formula is C32H44N2O3. The van der Waals surface area contributed by atoms with Gasteiger partial charge in [-0.1, -0.05) is 70.1 Å². The molecule has 0 bridgehead atoms. The van der Waals surface area contributed by atoms with Gasteiger partial charge in [0.15, 0.2) is 11.6 Å². The fraction of sp³-hybridized carbons (Fsp3) is 0.500. The highest BCUT2D eigenvalue weighted by molar-refractivity contribution is 5.56. The quantitative estimate of drug-likeness (QED) is 0.144. The van der Waals surface area contributed by atoms with Gasteiger partial charge in [0.25, 0.3) is 0 Å². The highest BCUT2D eigenvalue weighted by Gasteiger charge is 2.04. The number of para-hydroxylation sites is 1. The van der Waals surface area contributed by atoms with Crippen LogP contribution in [0.3, 0.4) is 0 Å². The standard InChI is InChI=1S/C32H44N2O3/c1-2-3-4-5-6-7-8-14-25-37-31-26-33-32(34-27-31)28-19-21-30(22-20-28)36-24-16-10-9-15-23-35-29-17-12-11-13-18-29/h11-13,17-22,26-27H,2-10,14-16,23-25H2,1H3. The molecule has 5 nitrogen and oxygen atoms in total. The van der Waals surface area contributed by atoms with Crippen LogP contribution in [0.4, 0.5) is 0 Å². The number of hydrogen-bond acceptors (Lipinski definition) is 5. The van der Waals surface area contributed by atoms with E-state index in [0.717, 1.165) is 74.7 Å². The zero-order chi connectivity index (χ0) is 25.8. The average molecular weight is 505 g/mol. The zero-order valence-electron chi connectivity index (χ0n) is 22.6. The van der Waals surface area contributed by atoms with Crippen molar-refractivity contribution in [1.82, 2.24) is 9.97 Å². The smallest absolute Gasteiger partial charge is 0.159 e. The van der Waals surface area contributed by atoms with Crippen molar-refractivity contribution in [3.63, 3.8) is 0 Å². The minimum absolute atomic E-state index is 0.698. The van der Waals surface area contributed by atoms with Crippen molar-refractivity contribution < 1.29 is 14.2 Å². The van der Waals surface area contributed by atoms with E-state index in [1.165, 1.54) is 44.9 Å². The molecule has 1 aromatic heterocycles. The molecule has 0 spiro atoms. The summed E-state index contributed by atoms with van der Waals surface area (Å²) in [7, 11) is 0. The molecule has 0 N–H and O–H groups in total. The summed E-state index contributed by atoms with van der Waals surface area (Å²) in [6.45, 7) is 4.47. The second-order valence-electron chi connectivity index (χ2n) is 9.51. The molecule has 5 heteroatoms. The number of aromatic nitrogens is 2. The van der Waals surface area contributed by atoms with Crippen LogP contribution < -0.4 is 14.2 Å². The third kappa shape index (κ3) is 12.1. The highest BCUT2D eigenvalue weighted by atomic mass is 16.5. The summed E-state index contributed by atoms with van der Waals surface area (Å²) in [6.07, 6.45) is 18.3. The van der Waals surface area contributed by atoms with Crippen LogP contribution in [-0.2, 0) is 0 Å². The fourth-order valence-electron chi connectivity index (χ4n) is 4.12. The van der Waals surface area contributed by atoms with E-state index >= 15 is 0 Å². The molecule has 0 amide bonds. The number of nitrogens with zero attached hydrogens (tertiary/aromatic N) is 2. The van der Waals surface area contributed by atoms with Crippen molar-refractivity contribution in [2.75, 3.05) is 19.8 Å². The van der Waals surface area contributed by atoms with Crippen molar-refractivity contribution in [3.8, 4) is 28.6 Å². The first-order chi connectivity index (χ1) is 18.3. The Kier molecular flexibility index (Phi) is 14.0. The second-order valence-corrected chi connectivity index (χ2v) is 9.51. The summed E-state index contributed by atoms with van der Waals surface area (Å²) < 4.78 is 17.4. The van der Waals surface area contributed by atoms with Crippen LogP contribution in [0.15, 0.2) is 67.0 Å². The number of benzene rings is 2. The minimum Gasteiger partial charge on any atom is -0.494 e. The van der Waals surface area contributed by atoms with E-state index in [4.69, 9.17) is 14.2 Å². The van der Waals surface area contributed by atoms with Crippen molar-refractivity contribution >= 4 is 0 Å². The van der Waals surface area contributed by atoms with Crippen LogP contribution in [-0.4, -0.2) is 29.8 Å². The lowest BCUT2D eigenvalue weighted by Gasteiger charge is -2.08. The molecule has 0 aliphatic rings. The van der Waals surface area contributed by atoms with E-state index < -0.39 is 0 Å². The number of rotatable bonds is 20. The maximum atomic E-state index is 5.90. The number of hydrogen-bond donors (Lipinski definition) is 0. The zero-order valence-corrected chi connectivity index (χ0v) is 22.6. The Labute approximate surface area is 223 Å². The minimum atomic E-state index is 0.698. The maximum absolute atomic E-state index is 5.90. The number of ether oxygens (including phenoxy) is 3. The van der Waals surface area contributed by atoms with Crippen LogP contribution in [0.2, 0.25) is 0 Å².